The highest BCUT2D eigenvalue weighted by Crippen LogP contribution is 2.34. The summed E-state index contributed by atoms with van der Waals surface area (Å²) in [5, 5.41) is 8.61. The van der Waals surface area contributed by atoms with E-state index in [1.165, 1.54) is 5.56 Å². The first-order chi connectivity index (χ1) is 15.0. The molecule has 0 spiro atoms. The molecule has 6 nitrogen and oxygen atoms in total. The third-order valence-electron chi connectivity index (χ3n) is 5.47. The first-order valence-corrected chi connectivity index (χ1v) is 10.7. The predicted molar refractivity (Wildman–Crippen MR) is 125 cm³/mol. The van der Waals surface area contributed by atoms with Crippen molar-refractivity contribution in [1.82, 2.24) is 15.0 Å². The first-order valence-electron chi connectivity index (χ1n) is 9.94. The van der Waals surface area contributed by atoms with Gasteiger partial charge in [-0.1, -0.05) is 23.2 Å². The normalized spacial score (nSPS) is 12.8. The van der Waals surface area contributed by atoms with Gasteiger partial charge in [0, 0.05) is 50.5 Å². The van der Waals surface area contributed by atoms with E-state index in [2.05, 4.69) is 27.5 Å². The van der Waals surface area contributed by atoms with Gasteiger partial charge in [0.05, 0.1) is 17.8 Å². The molecule has 5 rings (SSSR count). The van der Waals surface area contributed by atoms with Gasteiger partial charge in [-0.25, -0.2) is 9.97 Å². The molecule has 1 aliphatic heterocycles. The zero-order valence-electron chi connectivity index (χ0n) is 16.7. The molecule has 3 N–H and O–H groups in total. The van der Waals surface area contributed by atoms with Gasteiger partial charge in [-0.3, -0.25) is 4.79 Å². The lowest BCUT2D eigenvalue weighted by molar-refractivity contribution is -0.115. The SMILES string of the molecule is Cc1[nH]c2ccc(Cl)cc2c1CCNc1ncc2c(n1)-c1ccc(Cl)cc1NC(=O)C2. The van der Waals surface area contributed by atoms with Crippen LogP contribution in [0.4, 0.5) is 11.6 Å². The Kier molecular flexibility index (Phi) is 5.04. The maximum atomic E-state index is 12.2. The maximum absolute atomic E-state index is 12.2. The number of aryl methyl sites for hydroxylation is 1. The van der Waals surface area contributed by atoms with E-state index < -0.39 is 0 Å². The summed E-state index contributed by atoms with van der Waals surface area (Å²) in [4.78, 5) is 24.8. The van der Waals surface area contributed by atoms with Crippen LogP contribution in [-0.4, -0.2) is 27.4 Å². The smallest absolute Gasteiger partial charge is 0.228 e. The Labute approximate surface area is 189 Å². The van der Waals surface area contributed by atoms with E-state index in [9.17, 15) is 4.79 Å². The highest BCUT2D eigenvalue weighted by Gasteiger charge is 2.21. The van der Waals surface area contributed by atoms with Crippen molar-refractivity contribution in [3.05, 3.63) is 69.5 Å². The number of fused-ring (bicyclic) bond motifs is 4. The molecule has 0 saturated heterocycles. The number of nitrogens with zero attached hydrogens (tertiary/aromatic N) is 2. The van der Waals surface area contributed by atoms with E-state index in [4.69, 9.17) is 28.2 Å². The highest BCUT2D eigenvalue weighted by atomic mass is 35.5. The van der Waals surface area contributed by atoms with Crippen LogP contribution in [-0.2, 0) is 17.6 Å². The number of carbonyl (C=O) groups is 1. The summed E-state index contributed by atoms with van der Waals surface area (Å²) in [6.45, 7) is 2.72. The third kappa shape index (κ3) is 3.84. The lowest BCUT2D eigenvalue weighted by atomic mass is 10.1. The monoisotopic (exact) mass is 451 g/mol. The van der Waals surface area contributed by atoms with Crippen LogP contribution in [0.15, 0.2) is 42.6 Å². The molecular formula is C23H19Cl2N5O. The number of H-pyrrole nitrogens is 1. The van der Waals surface area contributed by atoms with Crippen molar-refractivity contribution in [2.24, 2.45) is 0 Å². The van der Waals surface area contributed by atoms with Gasteiger partial charge in [0.25, 0.3) is 0 Å². The summed E-state index contributed by atoms with van der Waals surface area (Å²) < 4.78 is 0. The standard InChI is InChI=1S/C23H19Cl2N5O/c1-12-16(18-9-14(24)3-5-19(18)28-12)6-7-26-23-27-11-13-8-21(31)29-20-10-15(25)2-4-17(20)22(13)30-23/h2-5,9-11,28H,6-8H2,1H3,(H,29,31)(H,26,27,30). The molecule has 0 bridgehead atoms. The van der Waals surface area contributed by atoms with E-state index in [0.717, 1.165) is 44.9 Å². The van der Waals surface area contributed by atoms with Gasteiger partial charge in [0.1, 0.15) is 0 Å². The molecule has 31 heavy (non-hydrogen) atoms. The average Bonchev–Trinajstić information content (AvgIpc) is 2.96. The number of benzene rings is 2. The fourth-order valence-electron chi connectivity index (χ4n) is 4.02. The van der Waals surface area contributed by atoms with Gasteiger partial charge in [0.15, 0.2) is 0 Å². The van der Waals surface area contributed by atoms with Gasteiger partial charge in [-0.2, -0.15) is 0 Å². The molecule has 2 aromatic heterocycles. The van der Waals surface area contributed by atoms with Gasteiger partial charge in [-0.05, 0) is 55.3 Å². The zero-order chi connectivity index (χ0) is 21.5. The van der Waals surface area contributed by atoms with Gasteiger partial charge >= 0.3 is 0 Å². The fourth-order valence-corrected chi connectivity index (χ4v) is 4.37. The van der Waals surface area contributed by atoms with Crippen LogP contribution in [0.1, 0.15) is 16.8 Å². The highest BCUT2D eigenvalue weighted by molar-refractivity contribution is 6.31. The van der Waals surface area contributed by atoms with Gasteiger partial charge in [0.2, 0.25) is 11.9 Å². The molecule has 156 valence electrons. The maximum Gasteiger partial charge on any atom is 0.228 e. The Morgan fingerprint density at radius 3 is 2.81 bits per heavy atom. The molecule has 0 fully saturated rings. The number of nitrogens with one attached hydrogen (secondary N) is 3. The first kappa shape index (κ1) is 19.8. The lowest BCUT2D eigenvalue weighted by Crippen LogP contribution is -2.13. The molecule has 1 amide bonds. The zero-order valence-corrected chi connectivity index (χ0v) is 18.2. The van der Waals surface area contributed by atoms with Crippen LogP contribution < -0.4 is 10.6 Å². The van der Waals surface area contributed by atoms with Crippen molar-refractivity contribution >= 4 is 51.6 Å². The largest absolute Gasteiger partial charge is 0.358 e. The van der Waals surface area contributed by atoms with Crippen molar-refractivity contribution in [3.8, 4) is 11.3 Å². The second-order valence-electron chi connectivity index (χ2n) is 7.58. The Balaban J connectivity index is 1.40. The molecule has 4 aromatic rings. The van der Waals surface area contributed by atoms with E-state index >= 15 is 0 Å². The van der Waals surface area contributed by atoms with Crippen LogP contribution in [0.2, 0.25) is 10.0 Å². The van der Waals surface area contributed by atoms with E-state index in [0.29, 0.717) is 23.2 Å². The molecule has 0 radical (unpaired) electrons. The molecule has 3 heterocycles. The summed E-state index contributed by atoms with van der Waals surface area (Å²) in [5.41, 5.74) is 6.42. The predicted octanol–water partition coefficient (Wildman–Crippen LogP) is 5.39. The molecular weight excluding hydrogens is 433 g/mol. The molecule has 2 aromatic carbocycles. The van der Waals surface area contributed by atoms with E-state index in [1.807, 2.05) is 24.3 Å². The summed E-state index contributed by atoms with van der Waals surface area (Å²) in [6.07, 6.45) is 2.72. The van der Waals surface area contributed by atoms with Gasteiger partial charge in [-0.15, -0.1) is 0 Å². The van der Waals surface area contributed by atoms with Gasteiger partial charge < -0.3 is 15.6 Å². The quantitative estimate of drug-likeness (QED) is 0.388. The van der Waals surface area contributed by atoms with Crippen molar-refractivity contribution in [1.29, 1.82) is 0 Å². The summed E-state index contributed by atoms with van der Waals surface area (Å²) in [7, 11) is 0. The van der Waals surface area contributed by atoms with Crippen molar-refractivity contribution in [2.75, 3.05) is 17.2 Å². The van der Waals surface area contributed by atoms with E-state index in [-0.39, 0.29) is 12.3 Å². The number of halogens is 2. The van der Waals surface area contributed by atoms with Crippen molar-refractivity contribution in [2.45, 2.75) is 19.8 Å². The Morgan fingerprint density at radius 1 is 1.13 bits per heavy atom. The molecule has 0 atom stereocenters. The number of amides is 1. The average molecular weight is 452 g/mol. The number of carbonyl (C=O) groups excluding carboxylic acids is 1. The Bertz CT molecular complexity index is 1330. The summed E-state index contributed by atoms with van der Waals surface area (Å²) in [5.74, 6) is 0.407. The number of aromatic nitrogens is 3. The minimum Gasteiger partial charge on any atom is -0.358 e. The number of aromatic amines is 1. The fraction of sp³-hybridized carbons (Fsp3) is 0.174. The third-order valence-corrected chi connectivity index (χ3v) is 5.94. The van der Waals surface area contributed by atoms with Crippen LogP contribution in [0.25, 0.3) is 22.2 Å². The second-order valence-corrected chi connectivity index (χ2v) is 8.45. The number of hydrogen-bond donors (Lipinski definition) is 3. The Morgan fingerprint density at radius 2 is 1.94 bits per heavy atom. The number of rotatable bonds is 4. The summed E-state index contributed by atoms with van der Waals surface area (Å²) in [6, 6.07) is 11.3. The second kappa shape index (κ2) is 7.87. The van der Waals surface area contributed by atoms with Crippen LogP contribution in [0, 0.1) is 6.92 Å². The van der Waals surface area contributed by atoms with Crippen LogP contribution in [0.5, 0.6) is 0 Å². The molecule has 0 saturated carbocycles. The molecule has 1 aliphatic rings. The molecule has 8 heteroatoms. The van der Waals surface area contributed by atoms with Crippen molar-refractivity contribution < 1.29 is 4.79 Å². The lowest BCUT2D eigenvalue weighted by Gasteiger charge is -2.11. The minimum atomic E-state index is -0.111. The Hall–Kier alpha value is -3.09. The summed E-state index contributed by atoms with van der Waals surface area (Å²) >= 11 is 12.3. The molecule has 0 aliphatic carbocycles. The number of hydrogen-bond acceptors (Lipinski definition) is 4. The minimum absolute atomic E-state index is 0.111. The molecule has 0 unspecified atom stereocenters. The topological polar surface area (TPSA) is 82.7 Å². The van der Waals surface area contributed by atoms with Crippen LogP contribution >= 0.6 is 23.2 Å². The number of anilines is 2. The van der Waals surface area contributed by atoms with E-state index in [1.54, 1.807) is 18.3 Å². The van der Waals surface area contributed by atoms with Crippen molar-refractivity contribution in [3.63, 3.8) is 0 Å². The van der Waals surface area contributed by atoms with Crippen LogP contribution in [0.3, 0.4) is 0 Å².